The Morgan fingerprint density at radius 3 is 2.37 bits per heavy atom. The highest BCUT2D eigenvalue weighted by Gasteiger charge is 2.18. The number of rotatable bonds is 4. The lowest BCUT2D eigenvalue weighted by atomic mass is 9.99. The van der Waals surface area contributed by atoms with Crippen LogP contribution in [0, 0.1) is 0 Å². The highest BCUT2D eigenvalue weighted by atomic mass is 16.5. The summed E-state index contributed by atoms with van der Waals surface area (Å²) < 4.78 is 11.7. The van der Waals surface area contributed by atoms with Crippen molar-refractivity contribution < 1.29 is 14.6 Å². The molecule has 4 aromatic rings. The molecular weight excluding hydrogens is 348 g/mol. The second-order valence-corrected chi connectivity index (χ2v) is 5.80. The van der Waals surface area contributed by atoms with E-state index in [2.05, 4.69) is 15.2 Å². The smallest absolute Gasteiger partial charge is 0.349 e. The molecule has 2 aromatic heterocycles. The summed E-state index contributed by atoms with van der Waals surface area (Å²) in [4.78, 5) is 16.6. The number of hydrogen-bond acceptors (Lipinski definition) is 6. The molecule has 0 aliphatic carbocycles. The van der Waals surface area contributed by atoms with Gasteiger partial charge in [0.2, 0.25) is 0 Å². The topological polar surface area (TPSA) is 102 Å². The van der Waals surface area contributed by atoms with Gasteiger partial charge in [-0.3, -0.25) is 0 Å². The van der Waals surface area contributed by atoms with Crippen LogP contribution in [0.15, 0.2) is 53.5 Å². The zero-order chi connectivity index (χ0) is 19.0. The molecule has 2 heterocycles. The minimum Gasteiger partial charge on any atom is -0.507 e. The summed E-state index contributed by atoms with van der Waals surface area (Å²) in [5.41, 5.74) is 1.98. The molecular formula is C19H16N4O4. The van der Waals surface area contributed by atoms with Gasteiger partial charge in [-0.05, 0) is 42.0 Å². The lowest BCUT2D eigenvalue weighted by Crippen LogP contribution is -2.13. The lowest BCUT2D eigenvalue weighted by molar-refractivity contribution is 0.408. The van der Waals surface area contributed by atoms with Crippen molar-refractivity contribution in [2.45, 2.75) is 0 Å². The third-order valence-electron chi connectivity index (χ3n) is 4.30. The quantitative estimate of drug-likeness (QED) is 0.577. The molecule has 0 spiro atoms. The molecule has 0 amide bonds. The van der Waals surface area contributed by atoms with E-state index in [9.17, 15) is 9.90 Å². The van der Waals surface area contributed by atoms with Gasteiger partial charge >= 0.3 is 5.69 Å². The van der Waals surface area contributed by atoms with Crippen LogP contribution in [-0.2, 0) is 0 Å². The second kappa shape index (κ2) is 6.49. The van der Waals surface area contributed by atoms with Gasteiger partial charge < -0.3 is 14.6 Å². The minimum atomic E-state index is -0.418. The van der Waals surface area contributed by atoms with Gasteiger partial charge in [-0.1, -0.05) is 0 Å². The van der Waals surface area contributed by atoms with Crippen LogP contribution in [0.5, 0.6) is 17.2 Å². The van der Waals surface area contributed by atoms with Crippen molar-refractivity contribution in [3.05, 3.63) is 59.1 Å². The Hall–Kier alpha value is -3.81. The number of aromatic nitrogens is 4. The van der Waals surface area contributed by atoms with Crippen molar-refractivity contribution in [2.24, 2.45) is 0 Å². The predicted molar refractivity (Wildman–Crippen MR) is 99.2 cm³/mol. The third-order valence-corrected chi connectivity index (χ3v) is 4.30. The third kappa shape index (κ3) is 2.77. The number of methoxy groups -OCH3 is 2. The maximum Gasteiger partial charge on any atom is 0.349 e. The van der Waals surface area contributed by atoms with Crippen molar-refractivity contribution in [1.82, 2.24) is 19.6 Å². The number of benzene rings is 2. The molecule has 2 N–H and O–H groups in total. The van der Waals surface area contributed by atoms with E-state index >= 15 is 0 Å². The molecule has 0 atom stereocenters. The monoisotopic (exact) mass is 364 g/mol. The van der Waals surface area contributed by atoms with Crippen LogP contribution < -0.4 is 15.2 Å². The Bertz CT molecular complexity index is 1180. The van der Waals surface area contributed by atoms with Crippen molar-refractivity contribution in [3.63, 3.8) is 0 Å². The number of nitrogens with one attached hydrogen (secondary N) is 1. The molecule has 0 aliphatic heterocycles. The fraction of sp³-hybridized carbons (Fsp3) is 0.105. The molecule has 0 fully saturated rings. The molecule has 0 unspecified atom stereocenters. The van der Waals surface area contributed by atoms with Crippen molar-refractivity contribution in [1.29, 1.82) is 0 Å². The van der Waals surface area contributed by atoms with Crippen LogP contribution in [0.4, 0.5) is 0 Å². The maximum atomic E-state index is 12.4. The average Bonchev–Trinajstić information content (AvgIpc) is 3.08. The number of fused-ring (bicyclic) bond motifs is 1. The Balaban J connectivity index is 2.03. The second-order valence-electron chi connectivity index (χ2n) is 5.80. The number of aromatic amines is 1. The Morgan fingerprint density at radius 1 is 1.00 bits per heavy atom. The number of aromatic hydroxyl groups is 1. The van der Waals surface area contributed by atoms with Gasteiger partial charge in [-0.15, -0.1) is 5.10 Å². The van der Waals surface area contributed by atoms with Gasteiger partial charge in [0, 0.05) is 23.4 Å². The number of phenols is 1. The largest absolute Gasteiger partial charge is 0.507 e. The fourth-order valence-corrected chi connectivity index (χ4v) is 2.98. The highest BCUT2D eigenvalue weighted by Crippen LogP contribution is 2.38. The van der Waals surface area contributed by atoms with Crippen molar-refractivity contribution in [3.8, 4) is 39.6 Å². The molecule has 2 aromatic carbocycles. The van der Waals surface area contributed by atoms with Crippen molar-refractivity contribution in [2.75, 3.05) is 14.2 Å². The summed E-state index contributed by atoms with van der Waals surface area (Å²) in [5, 5.41) is 16.8. The number of phenolic OH excluding ortho intramolecular Hbond substituents is 1. The molecule has 8 nitrogen and oxygen atoms in total. The Morgan fingerprint density at radius 2 is 1.70 bits per heavy atom. The summed E-state index contributed by atoms with van der Waals surface area (Å²) in [6, 6.07) is 12.2. The van der Waals surface area contributed by atoms with E-state index in [0.717, 1.165) is 5.56 Å². The van der Waals surface area contributed by atoms with E-state index in [1.165, 1.54) is 17.6 Å². The molecule has 27 heavy (non-hydrogen) atoms. The number of hydrogen-bond donors (Lipinski definition) is 2. The van der Waals surface area contributed by atoms with E-state index in [4.69, 9.17) is 9.47 Å². The highest BCUT2D eigenvalue weighted by molar-refractivity contribution is 5.84. The summed E-state index contributed by atoms with van der Waals surface area (Å²) in [5.74, 6) is 1.47. The van der Waals surface area contributed by atoms with Gasteiger partial charge in [0.15, 0.2) is 0 Å². The summed E-state index contributed by atoms with van der Waals surface area (Å²) in [6.07, 6.45) is 1.58. The van der Waals surface area contributed by atoms with Gasteiger partial charge in [-0.25, -0.2) is 19.3 Å². The van der Waals surface area contributed by atoms with E-state index in [-0.39, 0.29) is 11.5 Å². The molecule has 8 heteroatoms. The standard InChI is InChI=1S/C19H16N4O4/c1-26-12-5-3-11(4-6-12)17-15(10-20-18-21-22-19(25)23(17)18)14-8-7-13(27-2)9-16(14)24/h3-10,24H,1-2H3,(H,22,25). The molecule has 0 aliphatic rings. The molecule has 0 bridgehead atoms. The summed E-state index contributed by atoms with van der Waals surface area (Å²) in [6.45, 7) is 0. The number of nitrogens with zero attached hydrogens (tertiary/aromatic N) is 3. The molecule has 0 radical (unpaired) electrons. The summed E-state index contributed by atoms with van der Waals surface area (Å²) in [7, 11) is 3.11. The molecule has 0 saturated carbocycles. The van der Waals surface area contributed by atoms with Crippen LogP contribution >= 0.6 is 0 Å². The lowest BCUT2D eigenvalue weighted by Gasteiger charge is -2.13. The van der Waals surface area contributed by atoms with E-state index in [0.29, 0.717) is 28.3 Å². The first-order valence-electron chi connectivity index (χ1n) is 8.10. The number of H-pyrrole nitrogens is 1. The van der Waals surface area contributed by atoms with Crippen LogP contribution in [0.25, 0.3) is 28.2 Å². The van der Waals surface area contributed by atoms with E-state index in [1.54, 1.807) is 37.6 Å². The van der Waals surface area contributed by atoms with Crippen LogP contribution in [-0.4, -0.2) is 38.9 Å². The van der Waals surface area contributed by atoms with Crippen molar-refractivity contribution >= 4 is 5.78 Å². The zero-order valence-corrected chi connectivity index (χ0v) is 14.6. The van der Waals surface area contributed by atoms with Crippen LogP contribution in [0.2, 0.25) is 0 Å². The first-order chi connectivity index (χ1) is 13.1. The van der Waals surface area contributed by atoms with Gasteiger partial charge in [0.1, 0.15) is 17.2 Å². The number of ether oxygens (including phenoxy) is 2. The average molecular weight is 364 g/mol. The minimum absolute atomic E-state index is 0.0156. The summed E-state index contributed by atoms with van der Waals surface area (Å²) >= 11 is 0. The predicted octanol–water partition coefficient (Wildman–Crippen LogP) is 2.47. The van der Waals surface area contributed by atoms with Crippen LogP contribution in [0.3, 0.4) is 0 Å². The van der Waals surface area contributed by atoms with Crippen LogP contribution in [0.1, 0.15) is 0 Å². The zero-order valence-electron chi connectivity index (χ0n) is 14.6. The molecule has 136 valence electrons. The van der Waals surface area contributed by atoms with Gasteiger partial charge in [-0.2, -0.15) is 0 Å². The molecule has 0 saturated heterocycles. The first-order valence-corrected chi connectivity index (χ1v) is 8.10. The molecule has 4 rings (SSSR count). The van der Waals surface area contributed by atoms with Gasteiger partial charge in [0.25, 0.3) is 5.78 Å². The van der Waals surface area contributed by atoms with E-state index in [1.807, 2.05) is 12.1 Å². The normalized spacial score (nSPS) is 10.9. The maximum absolute atomic E-state index is 12.4. The fourth-order valence-electron chi connectivity index (χ4n) is 2.98. The van der Waals surface area contributed by atoms with Gasteiger partial charge in [0.05, 0.1) is 19.9 Å². The Kier molecular flexibility index (Phi) is 4.00. The van der Waals surface area contributed by atoms with E-state index < -0.39 is 5.69 Å². The first kappa shape index (κ1) is 16.6. The SMILES string of the molecule is COc1ccc(-c2c(-c3ccc(OC)cc3O)cnc3n[nH]c(=O)n23)cc1. The Labute approximate surface area is 153 Å².